The Hall–Kier alpha value is -0.490. The molecule has 0 spiro atoms. The highest BCUT2D eigenvalue weighted by Crippen LogP contribution is 2.42. The molecular weight excluding hydrogens is 331 g/mol. The topological polar surface area (TPSA) is 38.7 Å². The van der Waals surface area contributed by atoms with Gasteiger partial charge in [0.25, 0.3) is 0 Å². The Morgan fingerprint density at radius 3 is 2.65 bits per heavy atom. The first-order chi connectivity index (χ1) is 8.17. The molecule has 3 nitrogen and oxygen atoms in total. The number of alkyl halides is 1. The van der Waals surface area contributed by atoms with Crippen molar-refractivity contribution >= 4 is 22.6 Å². The van der Waals surface area contributed by atoms with E-state index in [4.69, 9.17) is 9.47 Å². The van der Waals surface area contributed by atoms with Crippen LogP contribution in [0.1, 0.15) is 31.2 Å². The normalized spacial score (nSPS) is 31.5. The molecule has 1 aliphatic heterocycles. The van der Waals surface area contributed by atoms with Gasteiger partial charge in [-0.2, -0.15) is 0 Å². The fourth-order valence-electron chi connectivity index (χ4n) is 2.53. The van der Waals surface area contributed by atoms with Gasteiger partial charge in [0.15, 0.2) is 11.5 Å². The second-order valence-corrected chi connectivity index (χ2v) is 6.54. The highest BCUT2D eigenvalue weighted by Gasteiger charge is 2.34. The average molecular weight is 346 g/mol. The van der Waals surface area contributed by atoms with E-state index in [0.29, 0.717) is 3.92 Å². The van der Waals surface area contributed by atoms with Crippen LogP contribution in [0, 0.1) is 0 Å². The summed E-state index contributed by atoms with van der Waals surface area (Å²) in [4.78, 5) is 0. The zero-order valence-corrected chi connectivity index (χ0v) is 11.6. The van der Waals surface area contributed by atoms with Crippen LogP contribution in [0.2, 0.25) is 0 Å². The summed E-state index contributed by atoms with van der Waals surface area (Å²) >= 11 is 2.47. The van der Waals surface area contributed by atoms with Crippen molar-refractivity contribution in [1.29, 1.82) is 0 Å². The molecule has 0 bridgehead atoms. The van der Waals surface area contributed by atoms with Crippen molar-refractivity contribution in [3.8, 4) is 11.5 Å². The monoisotopic (exact) mass is 346 g/mol. The number of ether oxygens (including phenoxy) is 2. The van der Waals surface area contributed by atoms with Gasteiger partial charge in [-0.3, -0.25) is 0 Å². The van der Waals surface area contributed by atoms with E-state index in [0.717, 1.165) is 42.7 Å². The zero-order chi connectivity index (χ0) is 11.9. The molecule has 92 valence electrons. The van der Waals surface area contributed by atoms with Gasteiger partial charge in [0.1, 0.15) is 0 Å². The van der Waals surface area contributed by atoms with Crippen molar-refractivity contribution in [2.45, 2.75) is 35.2 Å². The molecule has 0 saturated heterocycles. The maximum absolute atomic E-state index is 10.7. The van der Waals surface area contributed by atoms with Gasteiger partial charge in [-0.25, -0.2) is 0 Å². The van der Waals surface area contributed by atoms with E-state index in [2.05, 4.69) is 22.6 Å². The Kier molecular flexibility index (Phi) is 2.94. The molecule has 0 aromatic heterocycles. The van der Waals surface area contributed by atoms with Gasteiger partial charge in [-0.05, 0) is 43.4 Å². The second kappa shape index (κ2) is 4.31. The molecule has 1 aromatic carbocycles. The summed E-state index contributed by atoms with van der Waals surface area (Å²) < 4.78 is 11.3. The minimum absolute atomic E-state index is 0.285. The Morgan fingerprint density at radius 2 is 1.88 bits per heavy atom. The maximum atomic E-state index is 10.7. The molecule has 1 saturated carbocycles. The van der Waals surface area contributed by atoms with E-state index >= 15 is 0 Å². The molecule has 0 radical (unpaired) electrons. The van der Waals surface area contributed by atoms with E-state index in [9.17, 15) is 5.11 Å². The predicted molar refractivity (Wildman–Crippen MR) is 72.7 cm³/mol. The molecule has 0 unspecified atom stereocenters. The van der Waals surface area contributed by atoms with Crippen LogP contribution in [0.15, 0.2) is 18.2 Å². The second-order valence-electron chi connectivity index (χ2n) is 4.77. The van der Waals surface area contributed by atoms with Crippen molar-refractivity contribution in [2.24, 2.45) is 0 Å². The van der Waals surface area contributed by atoms with Crippen LogP contribution in [0.4, 0.5) is 0 Å². The molecular formula is C13H15IO3. The molecule has 3 rings (SSSR count). The van der Waals surface area contributed by atoms with Gasteiger partial charge < -0.3 is 14.6 Å². The summed E-state index contributed by atoms with van der Waals surface area (Å²) in [5.74, 6) is 1.53. The van der Waals surface area contributed by atoms with Crippen LogP contribution in [0.3, 0.4) is 0 Å². The summed E-state index contributed by atoms with van der Waals surface area (Å²) in [6.45, 7) is 0.285. The van der Waals surface area contributed by atoms with Crippen LogP contribution in [-0.4, -0.2) is 15.8 Å². The lowest BCUT2D eigenvalue weighted by Gasteiger charge is -2.34. The average Bonchev–Trinajstić information content (AvgIpc) is 2.80. The first-order valence-electron chi connectivity index (χ1n) is 5.94. The van der Waals surface area contributed by atoms with Crippen LogP contribution < -0.4 is 9.47 Å². The fourth-order valence-corrected chi connectivity index (χ4v) is 3.16. The number of fused-ring (bicyclic) bond motifs is 1. The number of aliphatic hydroxyl groups is 1. The van der Waals surface area contributed by atoms with E-state index in [1.807, 2.05) is 18.2 Å². The largest absolute Gasteiger partial charge is 0.454 e. The standard InChI is InChI=1S/C13H15IO3/c14-10-3-5-13(15,6-4-10)9-1-2-11-12(7-9)17-8-16-11/h1-2,7,10,15H,3-6,8H2. The number of benzene rings is 1. The van der Waals surface area contributed by atoms with Crippen molar-refractivity contribution in [1.82, 2.24) is 0 Å². The van der Waals surface area contributed by atoms with Crippen LogP contribution in [0.25, 0.3) is 0 Å². The van der Waals surface area contributed by atoms with E-state index in [-0.39, 0.29) is 6.79 Å². The van der Waals surface area contributed by atoms with Gasteiger partial charge in [0.2, 0.25) is 6.79 Å². The SMILES string of the molecule is OC1(c2ccc3c(c2)OCO3)CCC(I)CC1. The number of hydrogen-bond acceptors (Lipinski definition) is 3. The van der Waals surface area contributed by atoms with E-state index in [1.165, 1.54) is 0 Å². The minimum Gasteiger partial charge on any atom is -0.454 e. The van der Waals surface area contributed by atoms with Crippen molar-refractivity contribution in [3.05, 3.63) is 23.8 Å². The quantitative estimate of drug-likeness (QED) is 0.628. The molecule has 1 heterocycles. The predicted octanol–water partition coefficient (Wildman–Crippen LogP) is 2.98. The van der Waals surface area contributed by atoms with Crippen molar-refractivity contribution < 1.29 is 14.6 Å². The molecule has 17 heavy (non-hydrogen) atoms. The van der Waals surface area contributed by atoms with Crippen molar-refractivity contribution in [3.63, 3.8) is 0 Å². The van der Waals surface area contributed by atoms with Crippen molar-refractivity contribution in [2.75, 3.05) is 6.79 Å². The van der Waals surface area contributed by atoms with Crippen LogP contribution in [0.5, 0.6) is 11.5 Å². The summed E-state index contributed by atoms with van der Waals surface area (Å²) in [5, 5.41) is 10.7. The Balaban J connectivity index is 1.88. The third-order valence-corrected chi connectivity index (χ3v) is 4.90. The zero-order valence-electron chi connectivity index (χ0n) is 9.49. The Bertz CT molecular complexity index is 425. The van der Waals surface area contributed by atoms with Crippen LogP contribution in [-0.2, 0) is 5.60 Å². The van der Waals surface area contributed by atoms with Gasteiger partial charge in [-0.1, -0.05) is 28.7 Å². The van der Waals surface area contributed by atoms with Gasteiger partial charge in [-0.15, -0.1) is 0 Å². The molecule has 0 atom stereocenters. The van der Waals surface area contributed by atoms with Gasteiger partial charge in [0, 0.05) is 3.92 Å². The first-order valence-corrected chi connectivity index (χ1v) is 7.18. The molecule has 1 aromatic rings. The highest BCUT2D eigenvalue weighted by molar-refractivity contribution is 14.1. The van der Waals surface area contributed by atoms with E-state index in [1.54, 1.807) is 0 Å². The first kappa shape index (κ1) is 11.6. The smallest absolute Gasteiger partial charge is 0.231 e. The third-order valence-electron chi connectivity index (χ3n) is 3.65. The fraction of sp³-hybridized carbons (Fsp3) is 0.538. The third kappa shape index (κ3) is 2.12. The number of hydrogen-bond donors (Lipinski definition) is 1. The summed E-state index contributed by atoms with van der Waals surface area (Å²) in [7, 11) is 0. The number of halogens is 1. The van der Waals surface area contributed by atoms with Gasteiger partial charge >= 0.3 is 0 Å². The Morgan fingerprint density at radius 1 is 1.18 bits per heavy atom. The van der Waals surface area contributed by atoms with Gasteiger partial charge in [0.05, 0.1) is 5.60 Å². The lowest BCUT2D eigenvalue weighted by molar-refractivity contribution is 0.00173. The Labute approximate surface area is 114 Å². The lowest BCUT2D eigenvalue weighted by Crippen LogP contribution is -2.31. The van der Waals surface area contributed by atoms with E-state index < -0.39 is 5.60 Å². The lowest BCUT2D eigenvalue weighted by atomic mass is 9.79. The maximum Gasteiger partial charge on any atom is 0.231 e. The summed E-state index contributed by atoms with van der Waals surface area (Å²) in [5.41, 5.74) is 0.285. The molecule has 1 aliphatic carbocycles. The molecule has 1 fully saturated rings. The number of rotatable bonds is 1. The summed E-state index contributed by atoms with van der Waals surface area (Å²) in [6.07, 6.45) is 3.82. The molecule has 0 amide bonds. The molecule has 1 N–H and O–H groups in total. The highest BCUT2D eigenvalue weighted by atomic mass is 127. The van der Waals surface area contributed by atoms with Crippen LogP contribution >= 0.6 is 22.6 Å². The molecule has 2 aliphatic rings. The summed E-state index contributed by atoms with van der Waals surface area (Å²) in [6, 6.07) is 5.78. The molecule has 4 heteroatoms. The minimum atomic E-state index is -0.678.